The van der Waals surface area contributed by atoms with Gasteiger partial charge in [-0.2, -0.15) is 0 Å². The van der Waals surface area contributed by atoms with Gasteiger partial charge >= 0.3 is 0 Å². The summed E-state index contributed by atoms with van der Waals surface area (Å²) in [7, 11) is 0. The summed E-state index contributed by atoms with van der Waals surface area (Å²) in [5.74, 6) is 0.696. The van der Waals surface area contributed by atoms with Crippen molar-refractivity contribution in [1.82, 2.24) is 15.0 Å². The highest BCUT2D eigenvalue weighted by Gasteiger charge is 2.12. The maximum atomic E-state index is 5.09. The van der Waals surface area contributed by atoms with E-state index in [4.69, 9.17) is 15.0 Å². The molecule has 196 valence electrons. The van der Waals surface area contributed by atoms with Crippen molar-refractivity contribution in [3.8, 4) is 45.2 Å². The first-order valence-corrected chi connectivity index (χ1v) is 14.1. The largest absolute Gasteiger partial charge is 0.256 e. The topological polar surface area (TPSA) is 38.7 Å². The third-order valence-corrected chi connectivity index (χ3v) is 7.89. The molecule has 42 heavy (non-hydrogen) atoms. The molecule has 8 aromatic rings. The van der Waals surface area contributed by atoms with E-state index in [1.165, 1.54) is 26.9 Å². The average Bonchev–Trinajstić information content (AvgIpc) is 3.07. The van der Waals surface area contributed by atoms with Gasteiger partial charge in [0.2, 0.25) is 0 Å². The quantitative estimate of drug-likeness (QED) is 0.225. The zero-order valence-electron chi connectivity index (χ0n) is 22.8. The molecule has 0 N–H and O–H groups in total. The van der Waals surface area contributed by atoms with Crippen molar-refractivity contribution in [3.05, 3.63) is 152 Å². The number of aromatic nitrogens is 3. The Morgan fingerprint density at radius 3 is 1.33 bits per heavy atom. The van der Waals surface area contributed by atoms with E-state index in [-0.39, 0.29) is 0 Å². The summed E-state index contributed by atoms with van der Waals surface area (Å²) in [4.78, 5) is 14.9. The fourth-order valence-corrected chi connectivity index (χ4v) is 5.60. The van der Waals surface area contributed by atoms with Crippen molar-refractivity contribution in [1.29, 1.82) is 0 Å². The van der Waals surface area contributed by atoms with Crippen LogP contribution >= 0.6 is 0 Å². The van der Waals surface area contributed by atoms with Gasteiger partial charge in [0, 0.05) is 33.8 Å². The average molecular weight is 536 g/mol. The van der Waals surface area contributed by atoms with Crippen LogP contribution in [0.2, 0.25) is 0 Å². The number of fused-ring (bicyclic) bond motifs is 3. The van der Waals surface area contributed by atoms with Crippen LogP contribution in [-0.4, -0.2) is 15.0 Å². The van der Waals surface area contributed by atoms with Gasteiger partial charge in [-0.3, -0.25) is 4.98 Å². The third kappa shape index (κ3) is 4.47. The molecule has 2 heterocycles. The normalized spacial score (nSPS) is 11.3. The molecule has 0 aliphatic carbocycles. The van der Waals surface area contributed by atoms with Crippen LogP contribution in [0.1, 0.15) is 0 Å². The molecule has 0 spiro atoms. The first kappa shape index (κ1) is 24.2. The standard InChI is InChI=1S/C39H25N3/c1-3-9-30-21-33(19-13-26(30)7-1)37-24-38(34-20-14-27-8-2-4-10-31(27)22-34)42-39(41-37)29-17-15-28(16-18-29)36-23-32-11-5-6-12-35(32)25-40-36/h1-25H. The van der Waals surface area contributed by atoms with Crippen LogP contribution in [0.4, 0.5) is 0 Å². The van der Waals surface area contributed by atoms with E-state index in [9.17, 15) is 0 Å². The van der Waals surface area contributed by atoms with Crippen molar-refractivity contribution >= 4 is 32.3 Å². The van der Waals surface area contributed by atoms with Gasteiger partial charge in [0.05, 0.1) is 17.1 Å². The van der Waals surface area contributed by atoms with Crippen LogP contribution in [0, 0.1) is 0 Å². The molecule has 3 nitrogen and oxygen atoms in total. The van der Waals surface area contributed by atoms with Gasteiger partial charge < -0.3 is 0 Å². The van der Waals surface area contributed by atoms with Crippen LogP contribution in [-0.2, 0) is 0 Å². The zero-order valence-corrected chi connectivity index (χ0v) is 22.8. The number of rotatable bonds is 4. The first-order valence-electron chi connectivity index (χ1n) is 14.1. The second-order valence-electron chi connectivity index (χ2n) is 10.6. The summed E-state index contributed by atoms with van der Waals surface area (Å²) in [6, 6.07) is 50.8. The van der Waals surface area contributed by atoms with E-state index in [1.54, 1.807) is 0 Å². The van der Waals surface area contributed by atoms with E-state index in [0.29, 0.717) is 5.82 Å². The molecule has 2 aromatic heterocycles. The SMILES string of the molecule is c1ccc2cc(-c3cc(-c4ccc5ccccc5c4)nc(-c4ccc(-c5cc6ccccc6cn5)cc4)n3)ccc2c1. The minimum atomic E-state index is 0.696. The molecule has 6 aromatic carbocycles. The molecular formula is C39H25N3. The zero-order chi connectivity index (χ0) is 27.9. The predicted molar refractivity (Wildman–Crippen MR) is 174 cm³/mol. The van der Waals surface area contributed by atoms with E-state index in [0.717, 1.165) is 44.7 Å². The van der Waals surface area contributed by atoms with Crippen LogP contribution in [0.3, 0.4) is 0 Å². The fraction of sp³-hybridized carbons (Fsp3) is 0. The lowest BCUT2D eigenvalue weighted by Gasteiger charge is -2.11. The van der Waals surface area contributed by atoms with Crippen molar-refractivity contribution in [2.45, 2.75) is 0 Å². The van der Waals surface area contributed by atoms with Gasteiger partial charge in [-0.05, 0) is 51.2 Å². The van der Waals surface area contributed by atoms with Gasteiger partial charge in [0.15, 0.2) is 5.82 Å². The van der Waals surface area contributed by atoms with Crippen LogP contribution in [0.15, 0.2) is 152 Å². The summed E-state index contributed by atoms with van der Waals surface area (Å²) in [5, 5.41) is 7.12. The maximum Gasteiger partial charge on any atom is 0.160 e. The number of benzene rings is 6. The molecule has 0 aliphatic rings. The van der Waals surface area contributed by atoms with Crippen molar-refractivity contribution in [2.75, 3.05) is 0 Å². The van der Waals surface area contributed by atoms with Gasteiger partial charge in [0.1, 0.15) is 0 Å². The molecular weight excluding hydrogens is 510 g/mol. The highest BCUT2D eigenvalue weighted by Crippen LogP contribution is 2.32. The Labute approximate surface area is 243 Å². The lowest BCUT2D eigenvalue weighted by molar-refractivity contribution is 1.18. The molecule has 0 amide bonds. The Morgan fingerprint density at radius 2 is 0.762 bits per heavy atom. The molecule has 0 aliphatic heterocycles. The third-order valence-electron chi connectivity index (χ3n) is 7.89. The number of nitrogens with zero attached hydrogens (tertiary/aromatic N) is 3. The van der Waals surface area contributed by atoms with Crippen LogP contribution < -0.4 is 0 Å². The Bertz CT molecular complexity index is 2150. The molecule has 0 fully saturated rings. The Hall–Kier alpha value is -5.67. The molecule has 0 radical (unpaired) electrons. The summed E-state index contributed by atoms with van der Waals surface area (Å²) in [6.45, 7) is 0. The number of hydrogen-bond donors (Lipinski definition) is 0. The lowest BCUT2D eigenvalue weighted by Crippen LogP contribution is -1.96. The first-order chi connectivity index (χ1) is 20.8. The van der Waals surface area contributed by atoms with Gasteiger partial charge in [-0.1, -0.05) is 121 Å². The molecule has 3 heteroatoms. The van der Waals surface area contributed by atoms with E-state index < -0.39 is 0 Å². The summed E-state index contributed by atoms with van der Waals surface area (Å²) < 4.78 is 0. The number of pyridine rings is 1. The van der Waals surface area contributed by atoms with Gasteiger partial charge in [0.25, 0.3) is 0 Å². The molecule has 8 rings (SSSR count). The Kier molecular flexibility index (Phi) is 5.79. The maximum absolute atomic E-state index is 5.09. The molecule has 0 unspecified atom stereocenters. The van der Waals surface area contributed by atoms with Gasteiger partial charge in [-0.25, -0.2) is 9.97 Å². The minimum absolute atomic E-state index is 0.696. The van der Waals surface area contributed by atoms with Crippen LogP contribution in [0.25, 0.3) is 77.5 Å². The smallest absolute Gasteiger partial charge is 0.160 e. The lowest BCUT2D eigenvalue weighted by atomic mass is 10.0. The molecule has 0 bridgehead atoms. The molecule has 0 saturated carbocycles. The van der Waals surface area contributed by atoms with Gasteiger partial charge in [-0.15, -0.1) is 0 Å². The van der Waals surface area contributed by atoms with Crippen molar-refractivity contribution in [3.63, 3.8) is 0 Å². The highest BCUT2D eigenvalue weighted by atomic mass is 14.9. The molecule has 0 atom stereocenters. The van der Waals surface area contributed by atoms with E-state index in [2.05, 4.69) is 140 Å². The van der Waals surface area contributed by atoms with E-state index >= 15 is 0 Å². The van der Waals surface area contributed by atoms with E-state index in [1.807, 2.05) is 12.3 Å². The number of hydrogen-bond acceptors (Lipinski definition) is 3. The monoisotopic (exact) mass is 535 g/mol. The minimum Gasteiger partial charge on any atom is -0.256 e. The summed E-state index contributed by atoms with van der Waals surface area (Å²) in [5.41, 5.74) is 6.90. The Balaban J connectivity index is 1.25. The molecule has 0 saturated heterocycles. The summed E-state index contributed by atoms with van der Waals surface area (Å²) >= 11 is 0. The van der Waals surface area contributed by atoms with Crippen LogP contribution in [0.5, 0.6) is 0 Å². The predicted octanol–water partition coefficient (Wildman–Crippen LogP) is 10.00. The highest BCUT2D eigenvalue weighted by molar-refractivity contribution is 5.90. The van der Waals surface area contributed by atoms with Crippen molar-refractivity contribution < 1.29 is 0 Å². The second kappa shape index (κ2) is 10.1. The summed E-state index contributed by atoms with van der Waals surface area (Å²) in [6.07, 6.45) is 1.94. The fourth-order valence-electron chi connectivity index (χ4n) is 5.60. The van der Waals surface area contributed by atoms with Crippen molar-refractivity contribution in [2.24, 2.45) is 0 Å². The second-order valence-corrected chi connectivity index (χ2v) is 10.6. The Morgan fingerprint density at radius 1 is 0.310 bits per heavy atom.